The number of hydrogen-bond donors (Lipinski definition) is 1. The molecule has 0 aliphatic rings. The van der Waals surface area contributed by atoms with Crippen LogP contribution in [0.5, 0.6) is 0 Å². The Balaban J connectivity index is 2.40. The number of aryl methyl sites for hydroxylation is 1. The van der Waals surface area contributed by atoms with Crippen LogP contribution in [0.25, 0.3) is 0 Å². The second-order valence-corrected chi connectivity index (χ2v) is 5.48. The van der Waals surface area contributed by atoms with E-state index in [2.05, 4.69) is 15.9 Å². The van der Waals surface area contributed by atoms with Crippen LogP contribution in [0.3, 0.4) is 0 Å². The Hall–Kier alpha value is -1.33. The number of nitrogens with two attached hydrogens (primary N) is 1. The highest BCUT2D eigenvalue weighted by Crippen LogP contribution is 2.36. The van der Waals surface area contributed by atoms with Crippen molar-refractivity contribution >= 4 is 15.9 Å². The molecule has 0 aliphatic carbocycles. The summed E-state index contributed by atoms with van der Waals surface area (Å²) < 4.78 is 38.6. The van der Waals surface area contributed by atoms with Gasteiger partial charge in [-0.25, -0.2) is 0 Å². The van der Waals surface area contributed by atoms with Crippen LogP contribution in [0, 0.1) is 6.92 Å². The molecule has 2 aromatic carbocycles. The molecule has 0 saturated carbocycles. The van der Waals surface area contributed by atoms with E-state index in [1.54, 1.807) is 6.07 Å². The van der Waals surface area contributed by atoms with Crippen molar-refractivity contribution in [3.05, 3.63) is 69.2 Å². The summed E-state index contributed by atoms with van der Waals surface area (Å²) in [5.74, 6) is 0. The Morgan fingerprint density at radius 2 is 1.55 bits per heavy atom. The molecule has 20 heavy (non-hydrogen) atoms. The zero-order valence-electron chi connectivity index (χ0n) is 10.7. The second kappa shape index (κ2) is 5.58. The van der Waals surface area contributed by atoms with Crippen LogP contribution in [0.1, 0.15) is 28.3 Å². The fraction of sp³-hybridized carbons (Fsp3) is 0.200. The van der Waals surface area contributed by atoms with Gasteiger partial charge in [0.05, 0.1) is 11.6 Å². The van der Waals surface area contributed by atoms with Crippen molar-refractivity contribution < 1.29 is 13.2 Å². The predicted molar refractivity (Wildman–Crippen MR) is 76.4 cm³/mol. The Kier molecular flexibility index (Phi) is 4.20. The van der Waals surface area contributed by atoms with Gasteiger partial charge in [0.25, 0.3) is 0 Å². The summed E-state index contributed by atoms with van der Waals surface area (Å²) in [5.41, 5.74) is 7.63. The van der Waals surface area contributed by atoms with E-state index >= 15 is 0 Å². The second-order valence-electron chi connectivity index (χ2n) is 4.63. The van der Waals surface area contributed by atoms with Crippen molar-refractivity contribution in [1.29, 1.82) is 0 Å². The number of hydrogen-bond acceptors (Lipinski definition) is 1. The van der Waals surface area contributed by atoms with E-state index in [0.717, 1.165) is 17.2 Å². The van der Waals surface area contributed by atoms with Gasteiger partial charge in [-0.3, -0.25) is 0 Å². The SMILES string of the molecule is Cc1ccc(C(N)c2ccc(Br)c(C(F)(F)F)c2)cc1. The lowest BCUT2D eigenvalue weighted by Crippen LogP contribution is -2.14. The Labute approximate surface area is 123 Å². The Morgan fingerprint density at radius 1 is 1.00 bits per heavy atom. The number of halogens is 4. The van der Waals surface area contributed by atoms with E-state index in [9.17, 15) is 13.2 Å². The van der Waals surface area contributed by atoms with Crippen LogP contribution in [0.4, 0.5) is 13.2 Å². The molecule has 0 radical (unpaired) electrons. The summed E-state index contributed by atoms with van der Waals surface area (Å²) >= 11 is 2.92. The summed E-state index contributed by atoms with van der Waals surface area (Å²) in [6.45, 7) is 1.94. The van der Waals surface area contributed by atoms with E-state index in [1.807, 2.05) is 31.2 Å². The molecule has 2 rings (SSSR count). The lowest BCUT2D eigenvalue weighted by molar-refractivity contribution is -0.138. The molecule has 0 aromatic heterocycles. The lowest BCUT2D eigenvalue weighted by Gasteiger charge is -2.16. The van der Waals surface area contributed by atoms with E-state index in [4.69, 9.17) is 5.73 Å². The average molecular weight is 344 g/mol. The minimum Gasteiger partial charge on any atom is -0.320 e. The molecule has 106 valence electrons. The van der Waals surface area contributed by atoms with Crippen molar-refractivity contribution in [3.63, 3.8) is 0 Å². The molecule has 0 saturated heterocycles. The van der Waals surface area contributed by atoms with E-state index in [0.29, 0.717) is 5.56 Å². The summed E-state index contributed by atoms with van der Waals surface area (Å²) in [6.07, 6.45) is -4.40. The van der Waals surface area contributed by atoms with E-state index in [1.165, 1.54) is 6.07 Å². The van der Waals surface area contributed by atoms with Crippen molar-refractivity contribution in [2.75, 3.05) is 0 Å². The van der Waals surface area contributed by atoms with Gasteiger partial charge in [-0.15, -0.1) is 0 Å². The maximum atomic E-state index is 12.9. The fourth-order valence-corrected chi connectivity index (χ4v) is 2.39. The highest BCUT2D eigenvalue weighted by atomic mass is 79.9. The monoisotopic (exact) mass is 343 g/mol. The molecule has 0 bridgehead atoms. The van der Waals surface area contributed by atoms with Crippen molar-refractivity contribution in [2.45, 2.75) is 19.1 Å². The minimum atomic E-state index is -4.40. The highest BCUT2D eigenvalue weighted by molar-refractivity contribution is 9.10. The van der Waals surface area contributed by atoms with Gasteiger partial charge in [-0.1, -0.05) is 51.8 Å². The van der Waals surface area contributed by atoms with Gasteiger partial charge in [0.1, 0.15) is 0 Å². The van der Waals surface area contributed by atoms with Crippen LogP contribution in [-0.4, -0.2) is 0 Å². The smallest absolute Gasteiger partial charge is 0.320 e. The first kappa shape index (κ1) is 15.1. The van der Waals surface area contributed by atoms with Gasteiger partial charge in [0.15, 0.2) is 0 Å². The average Bonchev–Trinajstić information content (AvgIpc) is 2.38. The third-order valence-electron chi connectivity index (χ3n) is 3.09. The molecule has 0 amide bonds. The first-order chi connectivity index (χ1) is 9.29. The molecule has 0 aliphatic heterocycles. The zero-order chi connectivity index (χ0) is 14.9. The third kappa shape index (κ3) is 3.22. The maximum absolute atomic E-state index is 12.9. The van der Waals surface area contributed by atoms with Gasteiger partial charge in [0, 0.05) is 4.47 Å². The van der Waals surface area contributed by atoms with Crippen molar-refractivity contribution in [3.8, 4) is 0 Å². The van der Waals surface area contributed by atoms with Crippen LogP contribution in [0.15, 0.2) is 46.9 Å². The standard InChI is InChI=1S/C15H13BrF3N/c1-9-2-4-10(5-3-9)14(20)11-6-7-13(16)12(8-11)15(17,18)19/h2-8,14H,20H2,1H3. The zero-order valence-corrected chi connectivity index (χ0v) is 12.3. The van der Waals surface area contributed by atoms with Gasteiger partial charge in [0.2, 0.25) is 0 Å². The molecule has 1 atom stereocenters. The van der Waals surface area contributed by atoms with Gasteiger partial charge >= 0.3 is 6.18 Å². The minimum absolute atomic E-state index is 0.0184. The highest BCUT2D eigenvalue weighted by Gasteiger charge is 2.33. The number of rotatable bonds is 2. The fourth-order valence-electron chi connectivity index (χ4n) is 1.92. The lowest BCUT2D eigenvalue weighted by atomic mass is 9.97. The molecular formula is C15H13BrF3N. The molecule has 0 fully saturated rings. The van der Waals surface area contributed by atoms with E-state index < -0.39 is 17.8 Å². The van der Waals surface area contributed by atoms with Gasteiger partial charge in [-0.2, -0.15) is 13.2 Å². The predicted octanol–water partition coefficient (Wildman–Crippen LogP) is 4.82. The van der Waals surface area contributed by atoms with Crippen LogP contribution < -0.4 is 5.73 Å². The molecule has 1 nitrogen and oxygen atoms in total. The summed E-state index contributed by atoms with van der Waals surface area (Å²) in [6, 6.07) is 10.9. The summed E-state index contributed by atoms with van der Waals surface area (Å²) in [7, 11) is 0. The normalized spacial score (nSPS) is 13.3. The summed E-state index contributed by atoms with van der Waals surface area (Å²) in [4.78, 5) is 0. The first-order valence-corrected chi connectivity index (χ1v) is 6.77. The van der Waals surface area contributed by atoms with Gasteiger partial charge < -0.3 is 5.73 Å². The molecule has 5 heteroatoms. The molecule has 1 unspecified atom stereocenters. The molecule has 2 aromatic rings. The van der Waals surface area contributed by atoms with E-state index in [-0.39, 0.29) is 4.47 Å². The Morgan fingerprint density at radius 3 is 2.10 bits per heavy atom. The maximum Gasteiger partial charge on any atom is 0.417 e. The van der Waals surface area contributed by atoms with Crippen LogP contribution in [-0.2, 0) is 6.18 Å². The Bertz CT molecular complexity index is 606. The molecule has 2 N–H and O–H groups in total. The molecule has 0 heterocycles. The van der Waals surface area contributed by atoms with Gasteiger partial charge in [-0.05, 0) is 30.2 Å². The van der Waals surface area contributed by atoms with Crippen molar-refractivity contribution in [1.82, 2.24) is 0 Å². The molecule has 0 spiro atoms. The largest absolute Gasteiger partial charge is 0.417 e. The third-order valence-corrected chi connectivity index (χ3v) is 3.78. The first-order valence-electron chi connectivity index (χ1n) is 5.98. The number of benzene rings is 2. The van der Waals surface area contributed by atoms with Crippen LogP contribution >= 0.6 is 15.9 Å². The molecular weight excluding hydrogens is 331 g/mol. The number of alkyl halides is 3. The summed E-state index contributed by atoms with van der Waals surface area (Å²) in [5, 5.41) is 0. The topological polar surface area (TPSA) is 26.0 Å². The quantitative estimate of drug-likeness (QED) is 0.830. The van der Waals surface area contributed by atoms with Crippen molar-refractivity contribution in [2.24, 2.45) is 5.73 Å². The van der Waals surface area contributed by atoms with Crippen LogP contribution in [0.2, 0.25) is 0 Å².